The van der Waals surface area contributed by atoms with Crippen LogP contribution < -0.4 is 25.6 Å². The number of nitrogen functional groups attached to an aromatic ring is 1. The molecule has 0 aliphatic carbocycles. The molecule has 0 saturated heterocycles. The third-order valence-electron chi connectivity index (χ3n) is 7.84. The van der Waals surface area contributed by atoms with Crippen molar-refractivity contribution in [3.05, 3.63) is 54.1 Å². The summed E-state index contributed by atoms with van der Waals surface area (Å²) in [5, 5.41) is 7.57. The van der Waals surface area contributed by atoms with Crippen molar-refractivity contribution in [2.45, 2.75) is 39.2 Å². The third-order valence-corrected chi connectivity index (χ3v) is 7.84. The molecule has 4 heterocycles. The number of benzene rings is 1. The second-order valence-electron chi connectivity index (χ2n) is 12.8. The Labute approximate surface area is 270 Å². The average Bonchev–Trinajstić information content (AvgIpc) is 3.55. The topological polar surface area (TPSA) is 140 Å². The van der Waals surface area contributed by atoms with E-state index in [2.05, 4.69) is 39.0 Å². The van der Waals surface area contributed by atoms with Crippen molar-refractivity contribution in [3.8, 4) is 17.0 Å². The summed E-state index contributed by atoms with van der Waals surface area (Å²) in [6.45, 7) is 10.1. The minimum Gasteiger partial charge on any atom is -0.494 e. The van der Waals surface area contributed by atoms with Gasteiger partial charge in [0.15, 0.2) is 5.82 Å². The van der Waals surface area contributed by atoms with E-state index in [1.807, 2.05) is 77.4 Å². The Morgan fingerprint density at radius 2 is 1.89 bits per heavy atom. The first-order valence-electron chi connectivity index (χ1n) is 15.2. The average molecular weight is 629 g/mol. The first-order valence-corrected chi connectivity index (χ1v) is 15.2. The van der Waals surface area contributed by atoms with Crippen LogP contribution in [0.1, 0.15) is 43.7 Å². The van der Waals surface area contributed by atoms with Gasteiger partial charge < -0.3 is 35.2 Å². The molecule has 0 spiro atoms. The van der Waals surface area contributed by atoms with Gasteiger partial charge >= 0.3 is 5.97 Å². The number of likely N-dealkylation sites (N-methyl/N-ethyl adjacent to an activating group) is 2. The standard InChI is InChI=1S/C33H44N10O3/c1-20(2)46-31(44)22-17-35-32(38-25-14-23(34)27(15-28(25)45-9)41(7)13-12-40(5)6)39-30(22)43-19-33(3,4)29-26(43)11-10-24(37-29)21-16-36-42(8)18-21/h10-11,14-18,20H,12-13,19,34H2,1-9H3,(H,35,38,39). The number of methoxy groups -OCH3 is 1. The number of carbonyl (C=O) groups excluding carboxylic acids is 1. The van der Waals surface area contributed by atoms with Crippen LogP contribution >= 0.6 is 0 Å². The van der Waals surface area contributed by atoms with E-state index in [-0.39, 0.29) is 23.0 Å². The van der Waals surface area contributed by atoms with Gasteiger partial charge in [-0.05, 0) is 46.1 Å². The summed E-state index contributed by atoms with van der Waals surface area (Å²) in [5.74, 6) is 0.760. The lowest BCUT2D eigenvalue weighted by Crippen LogP contribution is -2.29. The summed E-state index contributed by atoms with van der Waals surface area (Å²) in [7, 11) is 9.55. The number of nitrogens with one attached hydrogen (secondary N) is 1. The molecule has 244 valence electrons. The Hall–Kier alpha value is -4.91. The number of aromatic nitrogens is 5. The van der Waals surface area contributed by atoms with Crippen LogP contribution in [0.4, 0.5) is 34.5 Å². The zero-order valence-electron chi connectivity index (χ0n) is 28.1. The van der Waals surface area contributed by atoms with Crippen LogP contribution in [0.25, 0.3) is 11.3 Å². The summed E-state index contributed by atoms with van der Waals surface area (Å²) in [4.78, 5) is 34.0. The number of ether oxygens (including phenoxy) is 2. The molecule has 46 heavy (non-hydrogen) atoms. The van der Waals surface area contributed by atoms with Crippen LogP contribution in [-0.2, 0) is 17.2 Å². The SMILES string of the molecule is COc1cc(N(C)CCN(C)C)c(N)cc1Nc1ncc(C(=O)OC(C)C)c(N2CC(C)(C)c3nc(-c4cnn(C)c4)ccc32)n1. The smallest absolute Gasteiger partial charge is 0.343 e. The van der Waals surface area contributed by atoms with E-state index in [9.17, 15) is 4.79 Å². The predicted molar refractivity (Wildman–Crippen MR) is 182 cm³/mol. The largest absolute Gasteiger partial charge is 0.494 e. The van der Waals surface area contributed by atoms with Crippen molar-refractivity contribution in [1.29, 1.82) is 0 Å². The maximum absolute atomic E-state index is 13.3. The van der Waals surface area contributed by atoms with Crippen LogP contribution in [0.5, 0.6) is 5.75 Å². The van der Waals surface area contributed by atoms with E-state index in [1.165, 1.54) is 6.20 Å². The second kappa shape index (κ2) is 12.8. The lowest BCUT2D eigenvalue weighted by Gasteiger charge is -2.25. The zero-order chi connectivity index (χ0) is 33.3. The number of nitrogens with zero attached hydrogens (tertiary/aromatic N) is 8. The highest BCUT2D eigenvalue weighted by Crippen LogP contribution is 2.45. The van der Waals surface area contributed by atoms with Gasteiger partial charge in [-0.2, -0.15) is 10.1 Å². The van der Waals surface area contributed by atoms with E-state index in [4.69, 9.17) is 25.2 Å². The number of esters is 1. The van der Waals surface area contributed by atoms with Crippen LogP contribution in [0.15, 0.2) is 42.9 Å². The molecular formula is C33H44N10O3. The fourth-order valence-corrected chi connectivity index (χ4v) is 5.46. The van der Waals surface area contributed by atoms with Gasteiger partial charge in [-0.3, -0.25) is 4.68 Å². The van der Waals surface area contributed by atoms with E-state index < -0.39 is 5.97 Å². The van der Waals surface area contributed by atoms with Crippen molar-refractivity contribution in [1.82, 2.24) is 29.6 Å². The normalized spacial score (nSPS) is 13.7. The van der Waals surface area contributed by atoms with Gasteiger partial charge in [0.05, 0.1) is 53.5 Å². The summed E-state index contributed by atoms with van der Waals surface area (Å²) in [6, 6.07) is 7.68. The van der Waals surface area contributed by atoms with Gasteiger partial charge in [-0.15, -0.1) is 0 Å². The molecule has 0 unspecified atom stereocenters. The van der Waals surface area contributed by atoms with Gasteiger partial charge in [0, 0.05) is 63.2 Å². The Bertz CT molecular complexity index is 1730. The molecule has 0 amide bonds. The minimum absolute atomic E-state index is 0.253. The Morgan fingerprint density at radius 3 is 2.54 bits per heavy atom. The summed E-state index contributed by atoms with van der Waals surface area (Å²) in [6.07, 6.45) is 4.92. The first kappa shape index (κ1) is 32.5. The molecule has 4 aromatic rings. The molecule has 3 aromatic heterocycles. The molecule has 0 bridgehead atoms. The van der Waals surface area contributed by atoms with Gasteiger partial charge in [0.25, 0.3) is 0 Å². The molecule has 1 aliphatic rings. The van der Waals surface area contributed by atoms with Gasteiger partial charge in [0.1, 0.15) is 11.3 Å². The number of hydrogen-bond donors (Lipinski definition) is 2. The molecule has 0 atom stereocenters. The molecular weight excluding hydrogens is 584 g/mol. The van der Waals surface area contributed by atoms with Crippen LogP contribution in [0.3, 0.4) is 0 Å². The van der Waals surface area contributed by atoms with Crippen LogP contribution in [-0.4, -0.2) is 89.6 Å². The van der Waals surface area contributed by atoms with Crippen molar-refractivity contribution in [2.24, 2.45) is 7.05 Å². The number of anilines is 6. The van der Waals surface area contributed by atoms with Gasteiger partial charge in [-0.1, -0.05) is 13.8 Å². The summed E-state index contributed by atoms with van der Waals surface area (Å²) >= 11 is 0. The minimum atomic E-state index is -0.505. The number of fused-ring (bicyclic) bond motifs is 1. The molecule has 3 N–H and O–H groups in total. The number of aryl methyl sites for hydroxylation is 1. The molecule has 0 saturated carbocycles. The third kappa shape index (κ3) is 6.69. The lowest BCUT2D eigenvalue weighted by molar-refractivity contribution is 0.0378. The number of pyridine rings is 1. The molecule has 0 radical (unpaired) electrons. The second-order valence-corrected chi connectivity index (χ2v) is 12.8. The van der Waals surface area contributed by atoms with E-state index >= 15 is 0 Å². The van der Waals surface area contributed by atoms with Crippen LogP contribution in [0, 0.1) is 0 Å². The van der Waals surface area contributed by atoms with Crippen molar-refractivity contribution < 1.29 is 14.3 Å². The quantitative estimate of drug-likeness (QED) is 0.177. The van der Waals surface area contributed by atoms with Crippen LogP contribution in [0.2, 0.25) is 0 Å². The van der Waals surface area contributed by atoms with Gasteiger partial charge in [0.2, 0.25) is 5.95 Å². The van der Waals surface area contributed by atoms with Crippen molar-refractivity contribution >= 4 is 40.5 Å². The highest BCUT2D eigenvalue weighted by Gasteiger charge is 2.40. The molecule has 13 nitrogen and oxygen atoms in total. The van der Waals surface area contributed by atoms with E-state index in [0.29, 0.717) is 29.5 Å². The Morgan fingerprint density at radius 1 is 1.13 bits per heavy atom. The monoisotopic (exact) mass is 628 g/mol. The van der Waals surface area contributed by atoms with Crippen molar-refractivity contribution in [2.75, 3.05) is 68.7 Å². The first-order chi connectivity index (χ1) is 21.8. The Balaban J connectivity index is 1.54. The maximum atomic E-state index is 13.3. The Kier molecular flexibility index (Phi) is 9.06. The highest BCUT2D eigenvalue weighted by atomic mass is 16.5. The predicted octanol–water partition coefficient (Wildman–Crippen LogP) is 4.60. The summed E-state index contributed by atoms with van der Waals surface area (Å²) < 4.78 is 13.1. The molecule has 0 fully saturated rings. The number of rotatable bonds is 11. The zero-order valence-corrected chi connectivity index (χ0v) is 28.1. The van der Waals surface area contributed by atoms with Crippen molar-refractivity contribution in [3.63, 3.8) is 0 Å². The number of nitrogens with two attached hydrogens (primary N) is 1. The molecule has 1 aliphatic heterocycles. The van der Waals surface area contributed by atoms with E-state index in [1.54, 1.807) is 18.0 Å². The molecule has 13 heteroatoms. The summed E-state index contributed by atoms with van der Waals surface area (Å²) in [5.41, 5.74) is 11.9. The fourth-order valence-electron chi connectivity index (χ4n) is 5.46. The van der Waals surface area contributed by atoms with Gasteiger partial charge in [-0.25, -0.2) is 14.8 Å². The lowest BCUT2D eigenvalue weighted by atomic mass is 9.91. The fraction of sp³-hybridized carbons (Fsp3) is 0.424. The highest BCUT2D eigenvalue weighted by molar-refractivity contribution is 5.96. The molecule has 5 rings (SSSR count). The maximum Gasteiger partial charge on any atom is 0.343 e. The number of hydrogen-bond acceptors (Lipinski definition) is 12. The van der Waals surface area contributed by atoms with E-state index in [0.717, 1.165) is 41.4 Å². The molecule has 1 aromatic carbocycles. The number of carbonyl (C=O) groups is 1.